The van der Waals surface area contributed by atoms with Gasteiger partial charge in [0, 0.05) is 17.7 Å². The van der Waals surface area contributed by atoms with Gasteiger partial charge in [0.15, 0.2) is 0 Å². The van der Waals surface area contributed by atoms with E-state index < -0.39 is 17.6 Å². The van der Waals surface area contributed by atoms with Crippen LogP contribution >= 0.6 is 23.1 Å². The predicted molar refractivity (Wildman–Crippen MR) is 120 cm³/mol. The minimum absolute atomic E-state index is 0.0198. The maximum absolute atomic E-state index is 13.0. The molecule has 2 aromatic rings. The smallest absolute Gasteiger partial charge is 0.291 e. The second-order valence-electron chi connectivity index (χ2n) is 8.01. The van der Waals surface area contributed by atoms with Crippen LogP contribution < -0.4 is 10.2 Å². The van der Waals surface area contributed by atoms with Gasteiger partial charge in [0.05, 0.1) is 4.88 Å². The summed E-state index contributed by atoms with van der Waals surface area (Å²) in [5.41, 5.74) is 0.0998. The van der Waals surface area contributed by atoms with Crippen molar-refractivity contribution in [3.05, 3.63) is 22.1 Å². The molecule has 0 aromatic carbocycles. The first-order chi connectivity index (χ1) is 14.8. The highest BCUT2D eigenvalue weighted by molar-refractivity contribution is 7.99. The minimum atomic E-state index is -0.908. The number of carbonyl (C=O) groups is 2. The van der Waals surface area contributed by atoms with Crippen molar-refractivity contribution in [1.82, 2.24) is 20.5 Å². The Balaban J connectivity index is 1.53. The molecule has 1 fully saturated rings. The molecule has 2 aromatic heterocycles. The van der Waals surface area contributed by atoms with Crippen LogP contribution in [0.15, 0.2) is 4.90 Å². The van der Waals surface area contributed by atoms with Crippen molar-refractivity contribution < 1.29 is 14.7 Å². The lowest BCUT2D eigenvalue weighted by Gasteiger charge is -2.26. The van der Waals surface area contributed by atoms with Crippen molar-refractivity contribution in [3.8, 4) is 11.8 Å². The summed E-state index contributed by atoms with van der Waals surface area (Å²) in [5.74, 6) is 6.55. The molecule has 0 saturated heterocycles. The van der Waals surface area contributed by atoms with Crippen LogP contribution in [0.25, 0.3) is 0 Å². The molecule has 0 radical (unpaired) electrons. The summed E-state index contributed by atoms with van der Waals surface area (Å²) in [7, 11) is 1.71. The molecular weight excluding hydrogens is 434 g/mol. The zero-order valence-electron chi connectivity index (χ0n) is 17.7. The zero-order valence-corrected chi connectivity index (χ0v) is 19.4. The molecule has 8 nitrogen and oxygen atoms in total. The maximum Gasteiger partial charge on any atom is 0.291 e. The van der Waals surface area contributed by atoms with Gasteiger partial charge in [-0.15, -0.1) is 28.2 Å². The fourth-order valence-corrected chi connectivity index (χ4v) is 6.30. The molecule has 164 valence electrons. The van der Waals surface area contributed by atoms with Crippen molar-refractivity contribution in [2.24, 2.45) is 0 Å². The molecule has 2 aliphatic rings. The van der Waals surface area contributed by atoms with E-state index >= 15 is 0 Å². The van der Waals surface area contributed by atoms with Gasteiger partial charge in [-0.3, -0.25) is 14.7 Å². The number of hydrogen-bond acceptors (Lipinski definition) is 7. The summed E-state index contributed by atoms with van der Waals surface area (Å²) >= 11 is 2.98. The van der Waals surface area contributed by atoms with Gasteiger partial charge in [0.2, 0.25) is 5.82 Å². The summed E-state index contributed by atoms with van der Waals surface area (Å²) < 4.78 is 0. The number of amides is 2. The molecule has 3 heterocycles. The normalized spacial score (nSPS) is 20.5. The number of aryl methyl sites for hydroxylation is 1. The lowest BCUT2D eigenvalue weighted by molar-refractivity contribution is -0.119. The number of nitrogens with one attached hydrogen (secondary N) is 2. The van der Waals surface area contributed by atoms with E-state index in [1.807, 2.05) is 6.92 Å². The summed E-state index contributed by atoms with van der Waals surface area (Å²) in [4.78, 5) is 32.9. The molecule has 10 heteroatoms. The molecule has 0 spiro atoms. The number of fused-ring (bicyclic) bond motifs is 1. The number of carbonyl (C=O) groups excluding carboxylic acids is 2. The number of nitrogens with zero attached hydrogens (tertiary/aromatic N) is 3. The number of likely N-dealkylation sites (N-methyl/N-ethyl adjacent to an activating group) is 1. The van der Waals surface area contributed by atoms with Crippen LogP contribution in [-0.2, 0) is 4.79 Å². The van der Waals surface area contributed by atoms with E-state index in [0.29, 0.717) is 24.4 Å². The number of rotatable bonds is 2. The Labute approximate surface area is 189 Å². The third-order valence-corrected chi connectivity index (χ3v) is 8.30. The van der Waals surface area contributed by atoms with E-state index in [-0.39, 0.29) is 11.7 Å². The van der Waals surface area contributed by atoms with Gasteiger partial charge in [-0.05, 0) is 45.1 Å². The summed E-state index contributed by atoms with van der Waals surface area (Å²) in [5, 5.41) is 20.7. The number of aromatic nitrogens is 3. The van der Waals surface area contributed by atoms with E-state index in [2.05, 4.69) is 32.3 Å². The van der Waals surface area contributed by atoms with Crippen LogP contribution in [0.1, 0.15) is 59.0 Å². The number of anilines is 1. The van der Waals surface area contributed by atoms with Crippen molar-refractivity contribution in [2.45, 2.75) is 62.5 Å². The SMILES string of the molecule is Cc1nc(C(=O)N[C@H]2CSc3c(sc(C#CC4(O)CCCCC4)c3C)N(C)C2=O)n[nH]1. The first-order valence-electron chi connectivity index (χ1n) is 10.3. The van der Waals surface area contributed by atoms with Gasteiger partial charge in [-0.1, -0.05) is 18.3 Å². The highest BCUT2D eigenvalue weighted by Gasteiger charge is 2.33. The largest absolute Gasteiger partial charge is 0.378 e. The molecule has 1 saturated carbocycles. The molecule has 2 amide bonds. The number of thioether (sulfide) groups is 1. The zero-order chi connectivity index (χ0) is 22.2. The van der Waals surface area contributed by atoms with E-state index in [4.69, 9.17) is 0 Å². The van der Waals surface area contributed by atoms with Crippen molar-refractivity contribution in [3.63, 3.8) is 0 Å². The van der Waals surface area contributed by atoms with Gasteiger partial charge < -0.3 is 15.3 Å². The highest BCUT2D eigenvalue weighted by Crippen LogP contribution is 2.44. The molecular formula is C21H25N5O3S2. The molecule has 1 aliphatic carbocycles. The van der Waals surface area contributed by atoms with Crippen LogP contribution in [0.2, 0.25) is 0 Å². The Bertz CT molecular complexity index is 1070. The number of aromatic amines is 1. The van der Waals surface area contributed by atoms with E-state index in [1.54, 1.807) is 18.9 Å². The lowest BCUT2D eigenvalue weighted by atomic mass is 9.85. The minimum Gasteiger partial charge on any atom is -0.378 e. The highest BCUT2D eigenvalue weighted by atomic mass is 32.2. The van der Waals surface area contributed by atoms with Gasteiger partial charge in [-0.2, -0.15) is 0 Å². The fraction of sp³-hybridized carbons (Fsp3) is 0.524. The molecule has 0 unspecified atom stereocenters. The molecule has 1 atom stereocenters. The van der Waals surface area contributed by atoms with Gasteiger partial charge in [0.1, 0.15) is 22.5 Å². The Morgan fingerprint density at radius 2 is 2.06 bits per heavy atom. The van der Waals surface area contributed by atoms with Crippen molar-refractivity contribution in [1.29, 1.82) is 0 Å². The van der Waals surface area contributed by atoms with Gasteiger partial charge >= 0.3 is 0 Å². The second kappa shape index (κ2) is 8.65. The molecule has 1 aliphatic heterocycles. The fourth-order valence-electron chi connectivity index (χ4n) is 3.77. The molecule has 0 bridgehead atoms. The maximum atomic E-state index is 13.0. The summed E-state index contributed by atoms with van der Waals surface area (Å²) in [6.07, 6.45) is 4.57. The third kappa shape index (κ3) is 4.49. The van der Waals surface area contributed by atoms with Crippen LogP contribution in [0.5, 0.6) is 0 Å². The van der Waals surface area contributed by atoms with Crippen molar-refractivity contribution in [2.75, 3.05) is 17.7 Å². The second-order valence-corrected chi connectivity index (χ2v) is 10.0. The number of hydrogen-bond donors (Lipinski definition) is 3. The van der Waals surface area contributed by atoms with Gasteiger partial charge in [-0.25, -0.2) is 4.98 Å². The van der Waals surface area contributed by atoms with Crippen LogP contribution in [-0.4, -0.2) is 56.5 Å². The Morgan fingerprint density at radius 1 is 1.32 bits per heavy atom. The third-order valence-electron chi connectivity index (χ3n) is 5.60. The lowest BCUT2D eigenvalue weighted by Crippen LogP contribution is -2.48. The Kier molecular flexibility index (Phi) is 6.10. The Hall–Kier alpha value is -2.35. The molecule has 4 rings (SSSR count). The van der Waals surface area contributed by atoms with E-state index in [1.165, 1.54) is 23.1 Å². The van der Waals surface area contributed by atoms with Crippen LogP contribution in [0.3, 0.4) is 0 Å². The average molecular weight is 460 g/mol. The number of thiophene rings is 1. The first-order valence-corrected chi connectivity index (χ1v) is 12.1. The topological polar surface area (TPSA) is 111 Å². The predicted octanol–water partition coefficient (Wildman–Crippen LogP) is 2.40. The Morgan fingerprint density at radius 3 is 2.74 bits per heavy atom. The van der Waals surface area contributed by atoms with Crippen molar-refractivity contribution >= 4 is 39.9 Å². The monoisotopic (exact) mass is 459 g/mol. The average Bonchev–Trinajstić information content (AvgIpc) is 3.29. The van der Waals surface area contributed by atoms with Crippen LogP contribution in [0.4, 0.5) is 5.00 Å². The molecule has 31 heavy (non-hydrogen) atoms. The van der Waals surface area contributed by atoms with Gasteiger partial charge in [0.25, 0.3) is 11.8 Å². The number of H-pyrrole nitrogens is 1. The van der Waals surface area contributed by atoms with E-state index in [0.717, 1.165) is 39.6 Å². The summed E-state index contributed by atoms with van der Waals surface area (Å²) in [6.45, 7) is 3.70. The first kappa shape index (κ1) is 21.9. The van der Waals surface area contributed by atoms with Crippen LogP contribution in [0, 0.1) is 25.7 Å². The quantitative estimate of drug-likeness (QED) is 0.595. The number of aliphatic hydroxyl groups is 1. The van der Waals surface area contributed by atoms with E-state index in [9.17, 15) is 14.7 Å². The molecule has 3 N–H and O–H groups in total. The summed E-state index contributed by atoms with van der Waals surface area (Å²) in [6, 6.07) is -0.683. The standard InChI is InChI=1S/C21H25N5O3S2/c1-12-15(7-10-21(29)8-5-4-6-9-21)31-20-16(12)30-11-14(19(28)26(20)3)23-18(27)17-22-13(2)24-25-17/h14,29H,4-6,8-9,11H2,1-3H3,(H,23,27)(H,22,24,25)/t14-/m0/s1.